The van der Waals surface area contributed by atoms with Crippen molar-refractivity contribution in [2.24, 2.45) is 5.92 Å². The highest BCUT2D eigenvalue weighted by molar-refractivity contribution is 7.10. The Hall–Kier alpha value is -2.71. The monoisotopic (exact) mass is 391 g/mol. The Balaban J connectivity index is 1.94. The maximum atomic E-state index is 13.2. The maximum Gasteiger partial charge on any atom is 0.416 e. The van der Waals surface area contributed by atoms with Crippen molar-refractivity contribution in [3.8, 4) is 17.9 Å². The molecule has 8 heteroatoms. The number of hydrogen-bond acceptors (Lipinski definition) is 4. The van der Waals surface area contributed by atoms with E-state index < -0.39 is 17.3 Å². The second kappa shape index (κ2) is 7.89. The van der Waals surface area contributed by atoms with Gasteiger partial charge in [0.2, 0.25) is 0 Å². The van der Waals surface area contributed by atoms with Crippen LogP contribution in [-0.2, 0) is 6.18 Å². The van der Waals surface area contributed by atoms with Crippen LogP contribution in [0, 0.1) is 29.1 Å². The van der Waals surface area contributed by atoms with Gasteiger partial charge >= 0.3 is 6.18 Å². The molecular weight excluding hydrogens is 375 g/mol. The van der Waals surface area contributed by atoms with Crippen LogP contribution in [0.25, 0.3) is 0 Å². The largest absolute Gasteiger partial charge is 0.416 e. The van der Waals surface area contributed by atoms with Crippen LogP contribution in [-0.4, -0.2) is 4.37 Å². The van der Waals surface area contributed by atoms with Crippen molar-refractivity contribution in [2.45, 2.75) is 38.3 Å². The summed E-state index contributed by atoms with van der Waals surface area (Å²) in [6, 6.07) is 5.20. The lowest BCUT2D eigenvalue weighted by molar-refractivity contribution is -0.137. The molecule has 3 rings (SSSR count). The molecule has 0 saturated heterocycles. The van der Waals surface area contributed by atoms with Gasteiger partial charge in [-0.1, -0.05) is 31.1 Å². The van der Waals surface area contributed by atoms with Gasteiger partial charge in [-0.3, -0.25) is 9.17 Å². The van der Waals surface area contributed by atoms with E-state index in [9.17, 15) is 18.0 Å². The second-order valence-electron chi connectivity index (χ2n) is 6.38. The van der Waals surface area contributed by atoms with Crippen molar-refractivity contribution in [3.05, 3.63) is 45.2 Å². The third-order valence-electron chi connectivity index (χ3n) is 4.36. The number of nitrogens with one attached hydrogen (secondary N) is 2. The fourth-order valence-corrected chi connectivity index (χ4v) is 3.70. The highest BCUT2D eigenvalue weighted by Crippen LogP contribution is 2.33. The predicted molar refractivity (Wildman–Crippen MR) is 97.8 cm³/mol. The first-order valence-electron chi connectivity index (χ1n) is 8.49. The zero-order valence-electron chi connectivity index (χ0n) is 14.2. The average molecular weight is 391 g/mol. The molecule has 1 aromatic heterocycles. The summed E-state index contributed by atoms with van der Waals surface area (Å²) in [5.74, 6) is 6.16. The summed E-state index contributed by atoms with van der Waals surface area (Å²) >= 11 is 0.862. The first kappa shape index (κ1) is 19.1. The Morgan fingerprint density at radius 3 is 2.59 bits per heavy atom. The van der Waals surface area contributed by atoms with Crippen molar-refractivity contribution in [1.29, 1.82) is 5.26 Å². The Labute approximate surface area is 158 Å². The van der Waals surface area contributed by atoms with E-state index >= 15 is 0 Å². The van der Waals surface area contributed by atoms with Crippen molar-refractivity contribution in [3.63, 3.8) is 0 Å². The molecule has 0 aliphatic heterocycles. The fourth-order valence-electron chi connectivity index (χ4n) is 2.99. The van der Waals surface area contributed by atoms with E-state index in [0.29, 0.717) is 0 Å². The summed E-state index contributed by atoms with van der Waals surface area (Å²) in [5, 5.41) is 11.9. The summed E-state index contributed by atoms with van der Waals surface area (Å²) < 4.78 is 42.1. The number of H-pyrrole nitrogens is 1. The minimum atomic E-state index is -4.53. The number of aromatic amines is 1. The van der Waals surface area contributed by atoms with Crippen molar-refractivity contribution in [1.82, 2.24) is 4.37 Å². The summed E-state index contributed by atoms with van der Waals surface area (Å²) in [7, 11) is 0. The molecule has 0 amide bonds. The molecule has 0 atom stereocenters. The van der Waals surface area contributed by atoms with Gasteiger partial charge in [-0.2, -0.15) is 18.4 Å². The zero-order valence-corrected chi connectivity index (χ0v) is 15.1. The lowest BCUT2D eigenvalue weighted by Gasteiger charge is -2.15. The smallest absolute Gasteiger partial charge is 0.345 e. The highest BCUT2D eigenvalue weighted by atomic mass is 32.1. The van der Waals surface area contributed by atoms with Crippen LogP contribution < -0.4 is 10.9 Å². The first-order chi connectivity index (χ1) is 12.9. The van der Waals surface area contributed by atoms with Crippen LogP contribution in [0.15, 0.2) is 23.0 Å². The first-order valence-corrected chi connectivity index (χ1v) is 9.31. The molecule has 0 spiro atoms. The number of nitriles is 1. The van der Waals surface area contributed by atoms with Gasteiger partial charge in [-0.05, 0) is 42.6 Å². The van der Waals surface area contributed by atoms with Crippen molar-refractivity contribution < 1.29 is 13.2 Å². The fraction of sp³-hybridized carbons (Fsp3) is 0.368. The molecule has 1 heterocycles. The lowest BCUT2D eigenvalue weighted by atomic mass is 9.89. The van der Waals surface area contributed by atoms with Crippen molar-refractivity contribution >= 4 is 22.2 Å². The number of hydrogen-bond donors (Lipinski definition) is 2. The van der Waals surface area contributed by atoms with E-state index in [1.807, 2.05) is 0 Å². The highest BCUT2D eigenvalue weighted by Gasteiger charge is 2.31. The molecule has 0 unspecified atom stereocenters. The molecular formula is C19H16F3N3OS. The maximum absolute atomic E-state index is 13.2. The predicted octanol–water partition coefficient (Wildman–Crippen LogP) is 5.00. The normalized spacial score (nSPS) is 14.9. The standard InChI is InChI=1S/C19H16F3N3OS/c20-19(21,22)14-8-13(7-6-12-4-2-1-3-5-12)9-15(10-14)24-18-16(11-23)17(26)25-27-18/h8-10,12,24H,1-5H2,(H,25,26). The number of aromatic nitrogens is 1. The van der Waals surface area contributed by atoms with E-state index in [2.05, 4.69) is 21.5 Å². The minimum Gasteiger partial charge on any atom is -0.345 e. The second-order valence-corrected chi connectivity index (χ2v) is 7.19. The number of benzene rings is 1. The molecule has 2 N–H and O–H groups in total. The van der Waals surface area contributed by atoms with Crippen LogP contribution in [0.3, 0.4) is 0 Å². The molecule has 1 aliphatic carbocycles. The van der Waals surface area contributed by atoms with E-state index in [-0.39, 0.29) is 27.7 Å². The number of anilines is 2. The van der Waals surface area contributed by atoms with Gasteiger partial charge in [-0.25, -0.2) is 0 Å². The van der Waals surface area contributed by atoms with Gasteiger partial charge in [0, 0.05) is 17.2 Å². The average Bonchev–Trinajstić information content (AvgIpc) is 2.99. The van der Waals surface area contributed by atoms with Crippen LogP contribution >= 0.6 is 11.5 Å². The van der Waals surface area contributed by atoms with Gasteiger partial charge in [0.25, 0.3) is 5.56 Å². The minimum absolute atomic E-state index is 0.129. The Morgan fingerprint density at radius 1 is 1.19 bits per heavy atom. The SMILES string of the molecule is N#Cc1c(Nc2cc(C#CC3CCCCC3)cc(C(F)(F)F)c2)s[nH]c1=O. The molecule has 140 valence electrons. The lowest BCUT2D eigenvalue weighted by Crippen LogP contribution is -2.07. The number of halogens is 3. The zero-order chi connectivity index (χ0) is 19.4. The van der Waals surface area contributed by atoms with E-state index in [4.69, 9.17) is 5.26 Å². The van der Waals surface area contributed by atoms with Crippen LogP contribution in [0.5, 0.6) is 0 Å². The molecule has 0 bridgehead atoms. The quantitative estimate of drug-likeness (QED) is 0.708. The van der Waals surface area contributed by atoms with Gasteiger partial charge in [-0.15, -0.1) is 0 Å². The van der Waals surface area contributed by atoms with E-state index in [1.54, 1.807) is 6.07 Å². The summed E-state index contributed by atoms with van der Waals surface area (Å²) in [4.78, 5) is 11.5. The number of nitrogens with zero attached hydrogens (tertiary/aromatic N) is 1. The topological polar surface area (TPSA) is 68.7 Å². The third-order valence-corrected chi connectivity index (χ3v) is 5.15. The number of rotatable bonds is 2. The molecule has 4 nitrogen and oxygen atoms in total. The van der Waals surface area contributed by atoms with Crippen molar-refractivity contribution in [2.75, 3.05) is 5.32 Å². The molecule has 2 aromatic rings. The summed E-state index contributed by atoms with van der Waals surface area (Å²) in [6.45, 7) is 0. The molecule has 1 aliphatic rings. The summed E-state index contributed by atoms with van der Waals surface area (Å²) in [6.07, 6.45) is 0.787. The van der Waals surface area contributed by atoms with Gasteiger partial charge in [0.05, 0.1) is 5.56 Å². The Bertz CT molecular complexity index is 983. The summed E-state index contributed by atoms with van der Waals surface area (Å²) in [5.41, 5.74) is -1.19. The van der Waals surface area contributed by atoms with Gasteiger partial charge < -0.3 is 5.32 Å². The van der Waals surface area contributed by atoms with Crippen LogP contribution in [0.4, 0.5) is 23.9 Å². The van der Waals surface area contributed by atoms with E-state index in [1.165, 1.54) is 12.5 Å². The van der Waals surface area contributed by atoms with E-state index in [0.717, 1.165) is 49.3 Å². The van der Waals surface area contributed by atoms with Crippen LogP contribution in [0.1, 0.15) is 48.8 Å². The molecule has 1 saturated carbocycles. The van der Waals surface area contributed by atoms with Gasteiger partial charge in [0.1, 0.15) is 11.1 Å². The van der Waals surface area contributed by atoms with Gasteiger partial charge in [0.15, 0.2) is 5.56 Å². The Kier molecular flexibility index (Phi) is 5.57. The number of alkyl halides is 3. The molecule has 1 fully saturated rings. The Morgan fingerprint density at radius 2 is 1.93 bits per heavy atom. The molecule has 0 radical (unpaired) electrons. The third kappa shape index (κ3) is 4.72. The molecule has 27 heavy (non-hydrogen) atoms. The van der Waals surface area contributed by atoms with Crippen LogP contribution in [0.2, 0.25) is 0 Å². The molecule has 1 aromatic carbocycles.